The topological polar surface area (TPSA) is 150 Å². The van der Waals surface area contributed by atoms with Crippen molar-refractivity contribution in [3.8, 4) is 6.07 Å². The lowest BCUT2D eigenvalue weighted by molar-refractivity contribution is 0.239. The van der Waals surface area contributed by atoms with Gasteiger partial charge in [0.2, 0.25) is 0 Å². The molecule has 0 aromatic carbocycles. The van der Waals surface area contributed by atoms with Gasteiger partial charge in [0.05, 0.1) is 6.07 Å². The highest BCUT2D eigenvalue weighted by Gasteiger charge is 2.06. The van der Waals surface area contributed by atoms with Gasteiger partial charge in [-0.3, -0.25) is 0 Å². The number of urea groups is 2. The molecule has 1 aromatic heterocycles. The van der Waals surface area contributed by atoms with E-state index in [1.54, 1.807) is 0 Å². The molecule has 0 atom stereocenters. The van der Waals surface area contributed by atoms with E-state index in [0.29, 0.717) is 13.0 Å². The van der Waals surface area contributed by atoms with E-state index in [1.165, 1.54) is 70.6 Å². The third kappa shape index (κ3) is 29.5. The molecule has 11 nitrogen and oxygen atoms in total. The van der Waals surface area contributed by atoms with E-state index in [0.717, 1.165) is 115 Å². The highest BCUT2D eigenvalue weighted by molar-refractivity contribution is 5.74. The summed E-state index contributed by atoms with van der Waals surface area (Å²) in [6.45, 7) is 5.95. The maximum atomic E-state index is 11.7. The molecule has 0 fully saturated rings. The molecule has 50 heavy (non-hydrogen) atoms. The Morgan fingerprint density at radius 3 is 2.12 bits per heavy atom. The highest BCUT2D eigenvalue weighted by atomic mass is 16.2. The summed E-state index contributed by atoms with van der Waals surface area (Å²) in [5, 5.41) is 32.1. The van der Waals surface area contributed by atoms with Gasteiger partial charge in [-0.05, 0) is 107 Å². The van der Waals surface area contributed by atoms with Crippen molar-refractivity contribution in [1.82, 2.24) is 41.5 Å². The first kappa shape index (κ1) is 44.6. The maximum absolute atomic E-state index is 11.7. The van der Waals surface area contributed by atoms with Gasteiger partial charge in [0.25, 0.3) is 0 Å². The molecule has 0 saturated carbocycles. The first-order chi connectivity index (χ1) is 24.7. The van der Waals surface area contributed by atoms with E-state index in [2.05, 4.69) is 74.1 Å². The average molecular weight is 698 g/mol. The van der Waals surface area contributed by atoms with E-state index in [1.807, 2.05) is 4.68 Å². The first-order valence-electron chi connectivity index (χ1n) is 20.1. The molecule has 2 heterocycles. The number of hydrogen-bond acceptors (Lipinski definition) is 6. The number of nitrogens with zero attached hydrogens (tertiary/aromatic N) is 5. The lowest BCUT2D eigenvalue weighted by atomic mass is 10.1. The number of allylic oxidation sites excluding steroid dienone is 4. The summed E-state index contributed by atoms with van der Waals surface area (Å²) in [6.07, 6.45) is 37.2. The van der Waals surface area contributed by atoms with Crippen molar-refractivity contribution >= 4 is 12.1 Å². The van der Waals surface area contributed by atoms with Gasteiger partial charge in [-0.2, -0.15) is 5.26 Å². The number of nitriles is 1. The Morgan fingerprint density at radius 1 is 0.800 bits per heavy atom. The SMILES string of the molecule is CCCCCNC(=O)NCCCC/C=C\CCCCCCCC#N.O=C1NCCCC/C=C\CCCCCCCc2nnnn2CCCCN1. The summed E-state index contributed by atoms with van der Waals surface area (Å²) in [4.78, 5) is 23.2. The normalized spacial score (nSPS) is 16.2. The minimum absolute atomic E-state index is 0.0311. The molecule has 0 saturated heterocycles. The van der Waals surface area contributed by atoms with E-state index in [-0.39, 0.29) is 12.1 Å². The van der Waals surface area contributed by atoms with Gasteiger partial charge in [-0.1, -0.05) is 82.6 Å². The molecule has 0 radical (unpaired) electrons. The van der Waals surface area contributed by atoms with Crippen molar-refractivity contribution in [2.75, 3.05) is 26.2 Å². The highest BCUT2D eigenvalue weighted by Crippen LogP contribution is 2.10. The monoisotopic (exact) mass is 698 g/mol. The third-order valence-corrected chi connectivity index (χ3v) is 8.68. The smallest absolute Gasteiger partial charge is 0.314 e. The molecule has 11 heteroatoms. The number of carbonyl (C=O) groups excluding carboxylic acids is 2. The van der Waals surface area contributed by atoms with Gasteiger partial charge in [0.15, 0.2) is 5.82 Å². The predicted octanol–water partition coefficient (Wildman–Crippen LogP) is 8.83. The molecule has 0 aliphatic carbocycles. The first-order valence-corrected chi connectivity index (χ1v) is 20.1. The minimum atomic E-state index is -0.0641. The Hall–Kier alpha value is -3.42. The minimum Gasteiger partial charge on any atom is -0.338 e. The number of aryl methyl sites for hydroxylation is 2. The predicted molar refractivity (Wildman–Crippen MR) is 205 cm³/mol. The van der Waals surface area contributed by atoms with Crippen LogP contribution in [0.3, 0.4) is 0 Å². The van der Waals surface area contributed by atoms with Crippen molar-refractivity contribution in [1.29, 1.82) is 5.26 Å². The molecule has 284 valence electrons. The fourth-order valence-electron chi connectivity index (χ4n) is 5.59. The molecule has 4 N–H and O–H groups in total. The second-order valence-corrected chi connectivity index (χ2v) is 13.3. The van der Waals surface area contributed by atoms with Crippen LogP contribution in [0.15, 0.2) is 24.3 Å². The lowest BCUT2D eigenvalue weighted by Crippen LogP contribution is -2.36. The van der Waals surface area contributed by atoms with Crippen molar-refractivity contribution in [2.45, 2.75) is 174 Å². The molecule has 0 spiro atoms. The van der Waals surface area contributed by atoms with Crippen LogP contribution < -0.4 is 21.3 Å². The zero-order chi connectivity index (χ0) is 36.0. The summed E-state index contributed by atoms with van der Waals surface area (Å²) < 4.78 is 1.91. The number of fused-ring (bicyclic) bond motifs is 1. The van der Waals surface area contributed by atoms with Gasteiger partial charge in [0, 0.05) is 45.6 Å². The molecule has 0 bridgehead atoms. The van der Waals surface area contributed by atoms with E-state index < -0.39 is 0 Å². The van der Waals surface area contributed by atoms with E-state index in [4.69, 9.17) is 5.26 Å². The zero-order valence-corrected chi connectivity index (χ0v) is 31.6. The lowest BCUT2D eigenvalue weighted by Gasteiger charge is -2.08. The number of unbranched alkanes of at least 4 members (excludes halogenated alkanes) is 10. The van der Waals surface area contributed by atoms with E-state index in [9.17, 15) is 9.59 Å². The van der Waals surface area contributed by atoms with E-state index >= 15 is 0 Å². The zero-order valence-electron chi connectivity index (χ0n) is 31.6. The van der Waals surface area contributed by atoms with Crippen molar-refractivity contribution in [3.63, 3.8) is 0 Å². The quantitative estimate of drug-likeness (QED) is 0.100. The Kier molecular flexibility index (Phi) is 31.6. The molecule has 1 aromatic rings. The fourth-order valence-corrected chi connectivity index (χ4v) is 5.59. The molecule has 4 amide bonds. The summed E-state index contributed by atoms with van der Waals surface area (Å²) in [7, 11) is 0. The van der Waals surface area contributed by atoms with Crippen LogP contribution >= 0.6 is 0 Å². The molecule has 1 aliphatic heterocycles. The number of rotatable bonds is 16. The second kappa shape index (κ2) is 35.4. The van der Waals surface area contributed by atoms with Crippen molar-refractivity contribution in [3.05, 3.63) is 30.1 Å². The largest absolute Gasteiger partial charge is 0.338 e. The number of aromatic nitrogens is 4. The number of nitrogens with one attached hydrogen (secondary N) is 4. The molecule has 0 unspecified atom stereocenters. The van der Waals surface area contributed by atoms with Crippen molar-refractivity contribution in [2.24, 2.45) is 0 Å². The van der Waals surface area contributed by atoms with Gasteiger partial charge < -0.3 is 21.3 Å². The Morgan fingerprint density at radius 2 is 1.40 bits per heavy atom. The summed E-state index contributed by atoms with van der Waals surface area (Å²) in [5.41, 5.74) is 0. The third-order valence-electron chi connectivity index (χ3n) is 8.68. The Balaban J connectivity index is 0.000000502. The Bertz CT molecular complexity index is 1040. The summed E-state index contributed by atoms with van der Waals surface area (Å²) in [5.74, 6) is 0.987. The molecular formula is C39H71N9O2. The van der Waals surface area contributed by atoms with Crippen LogP contribution in [0.25, 0.3) is 0 Å². The van der Waals surface area contributed by atoms with Gasteiger partial charge in [0.1, 0.15) is 0 Å². The molecule has 2 rings (SSSR count). The standard InChI is InChI=1S/C20H37N3O.C19H34N6O/c1-2-3-15-18-22-20(24)23-19-16-13-11-9-7-5-4-6-8-10-12-14-17-21;26-19-20-15-11-9-7-5-3-1-2-4-6-8-10-14-18-22-23-24-25(18)17-13-12-16-21-19/h7,9H,2-6,8,10-16,18-19H2,1H3,(H2,22,23,24);3,5H,1-2,4,6-17H2,(H2,20,21,26)/b9-7-;5-3-. The van der Waals surface area contributed by atoms with Crippen LogP contribution in [-0.2, 0) is 13.0 Å². The van der Waals surface area contributed by atoms with Crippen LogP contribution in [0.4, 0.5) is 9.59 Å². The van der Waals surface area contributed by atoms with Crippen LogP contribution in [-0.4, -0.2) is 58.4 Å². The summed E-state index contributed by atoms with van der Waals surface area (Å²) in [6, 6.07) is 2.09. The number of tetrazole rings is 1. The number of hydrogen-bond donors (Lipinski definition) is 4. The fraction of sp³-hybridized carbons (Fsp3) is 0.795. The van der Waals surface area contributed by atoms with Crippen LogP contribution in [0.5, 0.6) is 0 Å². The Labute approximate surface area is 304 Å². The summed E-state index contributed by atoms with van der Waals surface area (Å²) >= 11 is 0. The van der Waals surface area contributed by atoms with Gasteiger partial charge in [-0.25, -0.2) is 14.3 Å². The molecule has 1 aliphatic rings. The van der Waals surface area contributed by atoms with Crippen LogP contribution in [0.2, 0.25) is 0 Å². The van der Waals surface area contributed by atoms with Crippen LogP contribution in [0, 0.1) is 11.3 Å². The maximum Gasteiger partial charge on any atom is 0.314 e. The average Bonchev–Trinajstić information content (AvgIpc) is 3.57. The molecular weight excluding hydrogens is 626 g/mol. The number of amides is 4. The van der Waals surface area contributed by atoms with Gasteiger partial charge >= 0.3 is 12.1 Å². The van der Waals surface area contributed by atoms with Crippen LogP contribution in [0.1, 0.15) is 167 Å². The number of carbonyl (C=O) groups is 2. The van der Waals surface area contributed by atoms with Crippen molar-refractivity contribution < 1.29 is 9.59 Å². The van der Waals surface area contributed by atoms with Gasteiger partial charge in [-0.15, -0.1) is 5.10 Å². The second-order valence-electron chi connectivity index (χ2n) is 13.3.